The van der Waals surface area contributed by atoms with Crippen molar-refractivity contribution < 1.29 is 14.6 Å². The first-order valence-electron chi connectivity index (χ1n) is 12.9. The Morgan fingerprint density at radius 2 is 1.84 bits per heavy atom. The molecule has 38 heavy (non-hydrogen) atoms. The van der Waals surface area contributed by atoms with Crippen LogP contribution in [0.3, 0.4) is 0 Å². The van der Waals surface area contributed by atoms with Crippen LogP contribution in [0.2, 0.25) is 5.02 Å². The molecule has 0 amide bonds. The van der Waals surface area contributed by atoms with Crippen molar-refractivity contribution >= 4 is 39.9 Å². The minimum Gasteiger partial charge on any atom is -0.489 e. The Morgan fingerprint density at radius 3 is 2.58 bits per heavy atom. The van der Waals surface area contributed by atoms with Gasteiger partial charge >= 0.3 is 5.97 Å². The van der Waals surface area contributed by atoms with E-state index in [1.54, 1.807) is 23.5 Å². The van der Waals surface area contributed by atoms with Gasteiger partial charge in [-0.1, -0.05) is 43.0 Å². The van der Waals surface area contributed by atoms with Crippen LogP contribution in [0, 0.1) is 0 Å². The standard InChI is InChI=1S/C31H27ClN2O3S/c32-23-11-14-26(29-7-4-16-38-29)22(17-23)19-37-25-12-8-20(9-13-25)30-33-27-18-21(31(35)36)10-15-28(27)34(30)24-5-2-1-3-6-24/h4,7-18,24H,1-3,5-6,19H2,(H,35,36). The van der Waals surface area contributed by atoms with E-state index >= 15 is 0 Å². The SMILES string of the molecule is O=C(O)c1ccc2c(c1)nc(-c1ccc(OCc3cc(Cl)ccc3-c3cccs3)cc1)n2C1CCCCC1. The maximum Gasteiger partial charge on any atom is 0.335 e. The fraction of sp³-hybridized carbons (Fsp3) is 0.226. The van der Waals surface area contributed by atoms with Crippen molar-refractivity contribution in [3.05, 3.63) is 94.3 Å². The van der Waals surface area contributed by atoms with Crippen molar-refractivity contribution in [3.63, 3.8) is 0 Å². The number of hydrogen-bond donors (Lipinski definition) is 1. The van der Waals surface area contributed by atoms with Crippen LogP contribution in [0.15, 0.2) is 78.2 Å². The molecular formula is C31H27ClN2O3S. The second kappa shape index (κ2) is 10.6. The number of hydrogen-bond acceptors (Lipinski definition) is 4. The summed E-state index contributed by atoms with van der Waals surface area (Å²) in [6.45, 7) is 0.408. The number of aromatic carboxylic acids is 1. The van der Waals surface area contributed by atoms with Gasteiger partial charge in [-0.05, 0) is 90.0 Å². The molecule has 3 aromatic carbocycles. The van der Waals surface area contributed by atoms with Gasteiger partial charge in [0.25, 0.3) is 0 Å². The summed E-state index contributed by atoms with van der Waals surface area (Å²) in [5.41, 5.74) is 5.11. The number of thiophene rings is 1. The van der Waals surface area contributed by atoms with Crippen LogP contribution in [0.25, 0.3) is 32.9 Å². The molecule has 5 nitrogen and oxygen atoms in total. The van der Waals surface area contributed by atoms with E-state index in [0.29, 0.717) is 23.2 Å². The Bertz CT molecular complexity index is 1590. The van der Waals surface area contributed by atoms with Crippen molar-refractivity contribution in [1.29, 1.82) is 0 Å². The second-order valence-corrected chi connectivity index (χ2v) is 11.1. The molecule has 7 heteroatoms. The first kappa shape index (κ1) is 24.7. The zero-order valence-electron chi connectivity index (χ0n) is 20.8. The van der Waals surface area contributed by atoms with Gasteiger partial charge in [0.05, 0.1) is 16.6 Å². The summed E-state index contributed by atoms with van der Waals surface area (Å²) in [5, 5.41) is 12.2. The molecule has 0 bridgehead atoms. The Morgan fingerprint density at radius 1 is 1.03 bits per heavy atom. The van der Waals surface area contributed by atoms with Crippen molar-refractivity contribution in [2.75, 3.05) is 0 Å². The monoisotopic (exact) mass is 542 g/mol. The van der Waals surface area contributed by atoms with E-state index in [0.717, 1.165) is 46.6 Å². The van der Waals surface area contributed by atoms with E-state index in [9.17, 15) is 9.90 Å². The van der Waals surface area contributed by atoms with Gasteiger partial charge in [-0.3, -0.25) is 0 Å². The summed E-state index contributed by atoms with van der Waals surface area (Å²) in [6.07, 6.45) is 5.86. The highest BCUT2D eigenvalue weighted by Crippen LogP contribution is 2.37. The number of rotatable bonds is 7. The van der Waals surface area contributed by atoms with E-state index in [-0.39, 0.29) is 5.56 Å². The zero-order chi connectivity index (χ0) is 26.1. The summed E-state index contributed by atoms with van der Waals surface area (Å²) in [5.74, 6) is 0.694. The van der Waals surface area contributed by atoms with E-state index in [4.69, 9.17) is 21.3 Å². The molecule has 2 heterocycles. The topological polar surface area (TPSA) is 64.3 Å². The largest absolute Gasteiger partial charge is 0.489 e. The molecule has 0 aliphatic heterocycles. The number of carboxylic acid groups (broad SMARTS) is 1. The molecule has 1 saturated carbocycles. The van der Waals surface area contributed by atoms with Crippen LogP contribution in [0.5, 0.6) is 5.75 Å². The zero-order valence-corrected chi connectivity index (χ0v) is 22.3. The molecule has 1 fully saturated rings. The average Bonchev–Trinajstić information content (AvgIpc) is 3.61. The number of imidazole rings is 1. The Kier molecular flexibility index (Phi) is 6.92. The van der Waals surface area contributed by atoms with Crippen molar-refractivity contribution in [2.45, 2.75) is 44.8 Å². The number of nitrogens with zero attached hydrogens (tertiary/aromatic N) is 2. The van der Waals surface area contributed by atoms with E-state index in [1.165, 1.54) is 24.1 Å². The van der Waals surface area contributed by atoms with Gasteiger partial charge in [-0.15, -0.1) is 11.3 Å². The number of ether oxygens (including phenoxy) is 1. The molecule has 0 radical (unpaired) electrons. The highest BCUT2D eigenvalue weighted by molar-refractivity contribution is 7.13. The van der Waals surface area contributed by atoms with Crippen LogP contribution < -0.4 is 4.74 Å². The summed E-state index contributed by atoms with van der Waals surface area (Å²) in [6, 6.07) is 23.7. The van der Waals surface area contributed by atoms with Crippen LogP contribution >= 0.6 is 22.9 Å². The van der Waals surface area contributed by atoms with Crippen LogP contribution in [0.1, 0.15) is 54.1 Å². The van der Waals surface area contributed by atoms with Crippen molar-refractivity contribution in [1.82, 2.24) is 9.55 Å². The molecule has 1 N–H and O–H groups in total. The molecule has 0 spiro atoms. The molecule has 0 saturated heterocycles. The molecule has 6 rings (SSSR count). The lowest BCUT2D eigenvalue weighted by molar-refractivity contribution is 0.0697. The fourth-order valence-corrected chi connectivity index (χ4v) is 6.34. The Balaban J connectivity index is 1.29. The molecule has 1 aliphatic rings. The predicted octanol–water partition coefficient (Wildman–Crippen LogP) is 8.87. The van der Waals surface area contributed by atoms with E-state index in [1.807, 2.05) is 54.6 Å². The van der Waals surface area contributed by atoms with E-state index in [2.05, 4.69) is 16.0 Å². The second-order valence-electron chi connectivity index (χ2n) is 9.70. The van der Waals surface area contributed by atoms with Gasteiger partial charge in [-0.25, -0.2) is 9.78 Å². The third-order valence-corrected chi connectivity index (χ3v) is 8.38. The lowest BCUT2D eigenvalue weighted by Crippen LogP contribution is -2.14. The quantitative estimate of drug-likeness (QED) is 0.223. The minimum absolute atomic E-state index is 0.254. The normalized spacial score (nSPS) is 14.1. The predicted molar refractivity (Wildman–Crippen MR) is 153 cm³/mol. The highest BCUT2D eigenvalue weighted by Gasteiger charge is 2.23. The fourth-order valence-electron chi connectivity index (χ4n) is 5.36. The van der Waals surface area contributed by atoms with Crippen LogP contribution in [-0.4, -0.2) is 20.6 Å². The number of carboxylic acids is 1. The van der Waals surface area contributed by atoms with Gasteiger partial charge in [0.15, 0.2) is 0 Å². The number of carbonyl (C=O) groups is 1. The van der Waals surface area contributed by atoms with Crippen molar-refractivity contribution in [2.24, 2.45) is 0 Å². The molecule has 5 aromatic rings. The number of halogens is 1. The summed E-state index contributed by atoms with van der Waals surface area (Å²) in [4.78, 5) is 17.7. The highest BCUT2D eigenvalue weighted by atomic mass is 35.5. The summed E-state index contributed by atoms with van der Waals surface area (Å²) in [7, 11) is 0. The molecule has 2 aromatic heterocycles. The van der Waals surface area contributed by atoms with Gasteiger partial charge in [0, 0.05) is 21.5 Å². The van der Waals surface area contributed by atoms with Gasteiger partial charge < -0.3 is 14.4 Å². The van der Waals surface area contributed by atoms with Gasteiger partial charge in [-0.2, -0.15) is 0 Å². The third kappa shape index (κ3) is 4.94. The van der Waals surface area contributed by atoms with Crippen molar-refractivity contribution in [3.8, 4) is 27.6 Å². The van der Waals surface area contributed by atoms with Crippen LogP contribution in [0.4, 0.5) is 0 Å². The lowest BCUT2D eigenvalue weighted by atomic mass is 9.95. The lowest BCUT2D eigenvalue weighted by Gasteiger charge is -2.25. The molecule has 192 valence electrons. The summed E-state index contributed by atoms with van der Waals surface area (Å²) < 4.78 is 8.49. The smallest absolute Gasteiger partial charge is 0.335 e. The number of fused-ring (bicyclic) bond motifs is 1. The molecule has 1 aliphatic carbocycles. The Hall–Kier alpha value is -3.61. The van der Waals surface area contributed by atoms with Gasteiger partial charge in [0.2, 0.25) is 0 Å². The summed E-state index contributed by atoms with van der Waals surface area (Å²) >= 11 is 7.99. The first-order chi connectivity index (χ1) is 18.6. The number of benzene rings is 3. The van der Waals surface area contributed by atoms with E-state index < -0.39 is 5.97 Å². The first-order valence-corrected chi connectivity index (χ1v) is 14.1. The van der Waals surface area contributed by atoms with Gasteiger partial charge in [0.1, 0.15) is 18.2 Å². The molecule has 0 unspecified atom stereocenters. The number of aromatic nitrogens is 2. The molecule has 0 atom stereocenters. The molecular weight excluding hydrogens is 516 g/mol. The van der Waals surface area contributed by atoms with Crippen LogP contribution in [-0.2, 0) is 6.61 Å². The maximum atomic E-state index is 11.6. The Labute approximate surface area is 230 Å². The minimum atomic E-state index is -0.941. The average molecular weight is 543 g/mol. The third-order valence-electron chi connectivity index (χ3n) is 7.24. The maximum absolute atomic E-state index is 11.6.